The summed E-state index contributed by atoms with van der Waals surface area (Å²) in [6, 6.07) is 26.1. The van der Waals surface area contributed by atoms with Crippen LogP contribution in [0.4, 0.5) is 5.69 Å². The van der Waals surface area contributed by atoms with E-state index in [0.29, 0.717) is 5.56 Å². The number of rotatable bonds is 5. The summed E-state index contributed by atoms with van der Waals surface area (Å²) in [6.07, 6.45) is 1.70. The Morgan fingerprint density at radius 1 is 0.677 bits per heavy atom. The minimum Gasteiger partial charge on any atom is -0.355 e. The first-order chi connectivity index (χ1) is 14.5. The van der Waals surface area contributed by atoms with E-state index < -0.39 is 0 Å². The monoisotopic (exact) mass is 411 g/mol. The minimum absolute atomic E-state index is 0.0185. The largest absolute Gasteiger partial charge is 0.355 e. The molecule has 3 aromatic rings. The summed E-state index contributed by atoms with van der Waals surface area (Å²) in [7, 11) is 0. The summed E-state index contributed by atoms with van der Waals surface area (Å²) in [4.78, 5) is 13.0. The summed E-state index contributed by atoms with van der Waals surface area (Å²) in [5.74, 6) is -0.0185. The second-order valence-electron chi connectivity index (χ2n) is 10.1. The van der Waals surface area contributed by atoms with E-state index in [1.165, 1.54) is 11.1 Å². The SMILES string of the molecule is CC(C)(C)c1cc(N/C(=C\C(=O)c2ccccc2)c2ccccc2)cc(C(C)(C)C)c1. The highest BCUT2D eigenvalue weighted by Gasteiger charge is 2.21. The third-order valence-electron chi connectivity index (χ3n) is 5.36. The maximum Gasteiger partial charge on any atom is 0.187 e. The van der Waals surface area contributed by atoms with Crippen LogP contribution in [0.1, 0.15) is 68.6 Å². The lowest BCUT2D eigenvalue weighted by molar-refractivity contribution is 0.104. The maximum atomic E-state index is 13.0. The molecule has 0 radical (unpaired) electrons. The number of hydrogen-bond donors (Lipinski definition) is 1. The van der Waals surface area contributed by atoms with Gasteiger partial charge < -0.3 is 5.32 Å². The van der Waals surface area contributed by atoms with Gasteiger partial charge in [0, 0.05) is 23.0 Å². The second-order valence-corrected chi connectivity index (χ2v) is 10.1. The molecule has 0 spiro atoms. The molecule has 0 aromatic heterocycles. The standard InChI is InChI=1S/C29H33NO/c1-28(2,3)23-17-24(29(4,5)6)19-25(18-23)30-26(21-13-9-7-10-14-21)20-27(31)22-15-11-8-12-16-22/h7-20,30H,1-6H3/b26-20-. The molecule has 3 aromatic carbocycles. The van der Waals surface area contributed by atoms with Crippen LogP contribution in [-0.2, 0) is 10.8 Å². The van der Waals surface area contributed by atoms with Gasteiger partial charge in [0.2, 0.25) is 0 Å². The molecular formula is C29H33NO. The fraction of sp³-hybridized carbons (Fsp3) is 0.276. The number of ketones is 1. The topological polar surface area (TPSA) is 29.1 Å². The van der Waals surface area contributed by atoms with Gasteiger partial charge >= 0.3 is 0 Å². The average molecular weight is 412 g/mol. The number of nitrogens with one attached hydrogen (secondary N) is 1. The zero-order valence-corrected chi connectivity index (χ0v) is 19.5. The van der Waals surface area contributed by atoms with Gasteiger partial charge in [-0.2, -0.15) is 0 Å². The van der Waals surface area contributed by atoms with E-state index >= 15 is 0 Å². The number of benzene rings is 3. The van der Waals surface area contributed by atoms with Crippen LogP contribution in [0.5, 0.6) is 0 Å². The van der Waals surface area contributed by atoms with Crippen molar-refractivity contribution < 1.29 is 4.79 Å². The minimum atomic E-state index is -0.0185. The molecule has 0 aliphatic heterocycles. The van der Waals surface area contributed by atoms with Crippen molar-refractivity contribution in [3.63, 3.8) is 0 Å². The molecule has 0 bridgehead atoms. The van der Waals surface area contributed by atoms with Crippen molar-refractivity contribution >= 4 is 17.2 Å². The molecule has 2 nitrogen and oxygen atoms in total. The number of carbonyl (C=O) groups excluding carboxylic acids is 1. The summed E-state index contributed by atoms with van der Waals surface area (Å²) in [6.45, 7) is 13.4. The molecule has 0 saturated carbocycles. The van der Waals surface area contributed by atoms with Crippen LogP contribution in [0.3, 0.4) is 0 Å². The highest BCUT2D eigenvalue weighted by Crippen LogP contribution is 2.33. The van der Waals surface area contributed by atoms with Crippen LogP contribution in [0, 0.1) is 0 Å². The first-order valence-electron chi connectivity index (χ1n) is 10.8. The molecule has 31 heavy (non-hydrogen) atoms. The van der Waals surface area contributed by atoms with Crippen molar-refractivity contribution in [1.82, 2.24) is 0 Å². The van der Waals surface area contributed by atoms with E-state index in [1.807, 2.05) is 60.7 Å². The van der Waals surface area contributed by atoms with Crippen molar-refractivity contribution in [2.24, 2.45) is 0 Å². The van der Waals surface area contributed by atoms with Crippen LogP contribution < -0.4 is 5.32 Å². The van der Waals surface area contributed by atoms with Crippen LogP contribution in [0.25, 0.3) is 5.70 Å². The molecule has 3 rings (SSSR count). The van der Waals surface area contributed by atoms with Gasteiger partial charge in [-0.15, -0.1) is 0 Å². The predicted octanol–water partition coefficient (Wildman–Crippen LogP) is 7.62. The first-order valence-corrected chi connectivity index (χ1v) is 10.8. The van der Waals surface area contributed by atoms with E-state index in [9.17, 15) is 4.79 Å². The Morgan fingerprint density at radius 2 is 1.13 bits per heavy atom. The molecule has 0 atom stereocenters. The van der Waals surface area contributed by atoms with E-state index in [2.05, 4.69) is 65.1 Å². The molecule has 1 N–H and O–H groups in total. The fourth-order valence-corrected chi connectivity index (χ4v) is 3.35. The van der Waals surface area contributed by atoms with Crippen LogP contribution >= 0.6 is 0 Å². The Hall–Kier alpha value is -3.13. The second kappa shape index (κ2) is 8.93. The van der Waals surface area contributed by atoms with Gasteiger partial charge in [0.05, 0.1) is 0 Å². The van der Waals surface area contributed by atoms with E-state index in [1.54, 1.807) is 6.08 Å². The molecule has 160 valence electrons. The van der Waals surface area contributed by atoms with Crippen molar-refractivity contribution in [2.45, 2.75) is 52.4 Å². The van der Waals surface area contributed by atoms with Crippen molar-refractivity contribution in [3.8, 4) is 0 Å². The maximum absolute atomic E-state index is 13.0. The van der Waals surface area contributed by atoms with Crippen molar-refractivity contribution in [3.05, 3.63) is 107 Å². The van der Waals surface area contributed by atoms with Crippen LogP contribution in [-0.4, -0.2) is 5.78 Å². The van der Waals surface area contributed by atoms with Gasteiger partial charge in [0.1, 0.15) is 0 Å². The zero-order chi connectivity index (χ0) is 22.6. The third kappa shape index (κ3) is 5.95. The summed E-state index contributed by atoms with van der Waals surface area (Å²) in [5, 5.41) is 3.56. The van der Waals surface area contributed by atoms with Crippen LogP contribution in [0.15, 0.2) is 84.9 Å². The van der Waals surface area contributed by atoms with Gasteiger partial charge in [-0.3, -0.25) is 4.79 Å². The van der Waals surface area contributed by atoms with Gasteiger partial charge in [-0.1, -0.05) is 108 Å². The quantitative estimate of drug-likeness (QED) is 0.345. The number of allylic oxidation sites excluding steroid dienone is 1. The van der Waals surface area contributed by atoms with Gasteiger partial charge in [0.25, 0.3) is 0 Å². The molecule has 0 amide bonds. The Balaban J connectivity index is 2.08. The third-order valence-corrected chi connectivity index (χ3v) is 5.36. The van der Waals surface area contributed by atoms with Gasteiger partial charge in [-0.05, 0) is 39.7 Å². The zero-order valence-electron chi connectivity index (χ0n) is 19.5. The van der Waals surface area contributed by atoms with Crippen molar-refractivity contribution in [2.75, 3.05) is 5.32 Å². The lowest BCUT2D eigenvalue weighted by atomic mass is 9.80. The number of anilines is 1. The predicted molar refractivity (Wildman–Crippen MR) is 133 cm³/mol. The lowest BCUT2D eigenvalue weighted by Crippen LogP contribution is -2.17. The number of carbonyl (C=O) groups is 1. The molecule has 2 heteroatoms. The Kier molecular flexibility index (Phi) is 6.50. The highest BCUT2D eigenvalue weighted by atomic mass is 16.1. The summed E-state index contributed by atoms with van der Waals surface area (Å²) >= 11 is 0. The van der Waals surface area contributed by atoms with E-state index in [4.69, 9.17) is 0 Å². The molecule has 0 aliphatic carbocycles. The Morgan fingerprint density at radius 3 is 1.58 bits per heavy atom. The molecule has 0 fully saturated rings. The summed E-state index contributed by atoms with van der Waals surface area (Å²) in [5.41, 5.74) is 6.02. The van der Waals surface area contributed by atoms with Gasteiger partial charge in [0.15, 0.2) is 5.78 Å². The smallest absolute Gasteiger partial charge is 0.187 e. The Labute approximate surface area is 187 Å². The van der Waals surface area contributed by atoms with Gasteiger partial charge in [-0.25, -0.2) is 0 Å². The average Bonchev–Trinajstić information content (AvgIpc) is 2.73. The Bertz CT molecular complexity index is 1030. The molecule has 0 unspecified atom stereocenters. The molecule has 0 heterocycles. The molecular weight excluding hydrogens is 378 g/mol. The highest BCUT2D eigenvalue weighted by molar-refractivity contribution is 6.09. The molecule has 0 saturated heterocycles. The lowest BCUT2D eigenvalue weighted by Gasteiger charge is -2.26. The normalized spacial score (nSPS) is 12.5. The first kappa shape index (κ1) is 22.6. The number of hydrogen-bond acceptors (Lipinski definition) is 2. The molecule has 0 aliphatic rings. The van der Waals surface area contributed by atoms with E-state index in [-0.39, 0.29) is 16.6 Å². The summed E-state index contributed by atoms with van der Waals surface area (Å²) < 4.78 is 0. The van der Waals surface area contributed by atoms with Crippen molar-refractivity contribution in [1.29, 1.82) is 0 Å². The fourth-order valence-electron chi connectivity index (χ4n) is 3.35. The van der Waals surface area contributed by atoms with E-state index in [0.717, 1.165) is 16.9 Å². The van der Waals surface area contributed by atoms with Crippen LogP contribution in [0.2, 0.25) is 0 Å².